The summed E-state index contributed by atoms with van der Waals surface area (Å²) in [7, 11) is 0. The van der Waals surface area contributed by atoms with E-state index in [1.54, 1.807) is 6.07 Å². The minimum atomic E-state index is 0.0476. The van der Waals surface area contributed by atoms with Crippen LogP contribution in [-0.4, -0.2) is 52.2 Å². The number of likely N-dealkylation sites (N-methyl/N-ethyl adjacent to an activating group) is 1. The normalized spacial score (nSPS) is 21.7. The fourth-order valence-electron chi connectivity index (χ4n) is 4.97. The monoisotopic (exact) mass is 403 g/mol. The van der Waals surface area contributed by atoms with Gasteiger partial charge in [-0.1, -0.05) is 6.92 Å². The first-order valence-electron chi connectivity index (χ1n) is 10.6. The lowest BCUT2D eigenvalue weighted by Gasteiger charge is -2.37. The lowest BCUT2D eigenvalue weighted by molar-refractivity contribution is 0.180. The van der Waals surface area contributed by atoms with Crippen LogP contribution in [-0.2, 0) is 0 Å². The summed E-state index contributed by atoms with van der Waals surface area (Å²) in [5.74, 6) is 0.746. The van der Waals surface area contributed by atoms with Crippen LogP contribution in [0.5, 0.6) is 5.75 Å². The van der Waals surface area contributed by atoms with Crippen molar-refractivity contribution in [3.8, 4) is 23.1 Å². The molecule has 2 atom stereocenters. The number of aryl methyl sites for hydroxylation is 1. The molecule has 3 aromatic rings. The lowest BCUT2D eigenvalue weighted by atomic mass is 9.92. The van der Waals surface area contributed by atoms with Crippen molar-refractivity contribution >= 4 is 17.2 Å². The van der Waals surface area contributed by atoms with E-state index in [1.807, 2.05) is 19.1 Å². The first kappa shape index (κ1) is 18.9. The van der Waals surface area contributed by atoms with Crippen molar-refractivity contribution in [2.75, 3.05) is 31.1 Å². The Kier molecular flexibility index (Phi) is 4.59. The minimum Gasteiger partial charge on any atom is -0.507 e. The van der Waals surface area contributed by atoms with Gasteiger partial charge >= 0.3 is 0 Å². The number of fused-ring (bicyclic) bond motifs is 2. The summed E-state index contributed by atoms with van der Waals surface area (Å²) in [6.45, 7) is 8.34. The van der Waals surface area contributed by atoms with Crippen molar-refractivity contribution in [1.82, 2.24) is 14.9 Å². The number of likely N-dealkylation sites (tertiary alicyclic amines) is 1. The zero-order valence-corrected chi connectivity index (χ0v) is 17.3. The van der Waals surface area contributed by atoms with E-state index in [1.165, 1.54) is 25.5 Å². The maximum atomic E-state index is 10.4. The van der Waals surface area contributed by atoms with Crippen LogP contribution in [0.3, 0.4) is 0 Å². The topological polar surface area (TPSA) is 89.4 Å². The summed E-state index contributed by atoms with van der Waals surface area (Å²) in [6, 6.07) is 10.1. The van der Waals surface area contributed by atoms with E-state index in [0.717, 1.165) is 25.2 Å². The van der Waals surface area contributed by atoms with Gasteiger partial charge < -0.3 is 19.3 Å². The average molecular weight is 403 g/mol. The van der Waals surface area contributed by atoms with E-state index < -0.39 is 0 Å². The number of benzene rings is 1. The Hall–Kier alpha value is -3.11. The van der Waals surface area contributed by atoms with Crippen LogP contribution in [0.25, 0.3) is 22.5 Å². The fraction of sp³-hybridized carbons (Fsp3) is 0.435. The second-order valence-electron chi connectivity index (χ2n) is 8.31. The molecule has 0 amide bonds. The predicted molar refractivity (Wildman–Crippen MR) is 114 cm³/mol. The maximum absolute atomic E-state index is 10.4. The Labute approximate surface area is 175 Å². The molecule has 5 rings (SSSR count). The molecule has 4 heterocycles. The summed E-state index contributed by atoms with van der Waals surface area (Å²) in [6.07, 6.45) is 2.41. The van der Waals surface area contributed by atoms with E-state index in [9.17, 15) is 5.11 Å². The van der Waals surface area contributed by atoms with Crippen LogP contribution in [0, 0.1) is 24.2 Å². The fourth-order valence-corrected chi connectivity index (χ4v) is 4.97. The van der Waals surface area contributed by atoms with Gasteiger partial charge in [0.1, 0.15) is 5.75 Å². The molecule has 0 radical (unpaired) electrons. The molecule has 7 nitrogen and oxygen atoms in total. The molecule has 0 spiro atoms. The van der Waals surface area contributed by atoms with E-state index in [-0.39, 0.29) is 5.75 Å². The molecule has 2 fully saturated rings. The number of nitriles is 1. The molecule has 1 N–H and O–H groups in total. The molecule has 154 valence electrons. The quantitative estimate of drug-likeness (QED) is 0.713. The molecule has 30 heavy (non-hydrogen) atoms. The molecule has 2 aliphatic rings. The highest BCUT2D eigenvalue weighted by Gasteiger charge is 2.40. The van der Waals surface area contributed by atoms with Crippen molar-refractivity contribution in [3.63, 3.8) is 0 Å². The summed E-state index contributed by atoms with van der Waals surface area (Å²) >= 11 is 0. The van der Waals surface area contributed by atoms with Gasteiger partial charge in [0.2, 0.25) is 5.65 Å². The van der Waals surface area contributed by atoms with Gasteiger partial charge in [0, 0.05) is 24.7 Å². The van der Waals surface area contributed by atoms with Crippen molar-refractivity contribution in [1.29, 1.82) is 5.26 Å². The molecule has 7 heteroatoms. The molecule has 0 aliphatic carbocycles. The van der Waals surface area contributed by atoms with Gasteiger partial charge in [0.05, 0.1) is 17.3 Å². The number of rotatable bonds is 3. The van der Waals surface area contributed by atoms with Crippen LogP contribution in [0.15, 0.2) is 28.7 Å². The van der Waals surface area contributed by atoms with Gasteiger partial charge in [-0.2, -0.15) is 10.2 Å². The number of hydrogen-bond acceptors (Lipinski definition) is 7. The zero-order chi connectivity index (χ0) is 20.8. The Balaban J connectivity index is 1.49. The number of aromatic hydroxyl groups is 1. The van der Waals surface area contributed by atoms with Crippen LogP contribution in [0.4, 0.5) is 6.01 Å². The zero-order valence-electron chi connectivity index (χ0n) is 17.3. The van der Waals surface area contributed by atoms with Gasteiger partial charge in [-0.3, -0.25) is 0 Å². The molecule has 2 aromatic heterocycles. The van der Waals surface area contributed by atoms with Gasteiger partial charge in [0.15, 0.2) is 5.58 Å². The van der Waals surface area contributed by atoms with Gasteiger partial charge in [-0.25, -0.2) is 4.98 Å². The molecule has 2 saturated heterocycles. The van der Waals surface area contributed by atoms with Crippen LogP contribution in [0.2, 0.25) is 0 Å². The molecule has 0 bridgehead atoms. The summed E-state index contributed by atoms with van der Waals surface area (Å²) in [5.41, 5.74) is 3.65. The molecular formula is C23H25N5O2. The average Bonchev–Trinajstić information content (AvgIpc) is 3.35. The Morgan fingerprint density at radius 1 is 1.23 bits per heavy atom. The third-order valence-corrected chi connectivity index (χ3v) is 6.58. The van der Waals surface area contributed by atoms with Crippen molar-refractivity contribution in [2.45, 2.75) is 32.7 Å². The van der Waals surface area contributed by atoms with Gasteiger partial charge in [-0.15, -0.1) is 0 Å². The number of piperidine rings is 1. The Bertz CT molecular complexity index is 1130. The number of pyridine rings is 1. The first-order chi connectivity index (χ1) is 14.6. The third kappa shape index (κ3) is 3.08. The molecule has 2 aliphatic heterocycles. The number of hydrogen-bond donors (Lipinski definition) is 1. The maximum Gasteiger partial charge on any atom is 0.300 e. The van der Waals surface area contributed by atoms with Crippen LogP contribution < -0.4 is 4.90 Å². The van der Waals surface area contributed by atoms with E-state index in [0.29, 0.717) is 46.0 Å². The van der Waals surface area contributed by atoms with Crippen molar-refractivity contribution in [2.24, 2.45) is 5.92 Å². The second-order valence-corrected chi connectivity index (χ2v) is 8.31. The molecule has 0 saturated carbocycles. The number of phenols is 1. The number of aromatic nitrogens is 2. The van der Waals surface area contributed by atoms with Crippen LogP contribution >= 0.6 is 0 Å². The predicted octanol–water partition coefficient (Wildman–Crippen LogP) is 3.70. The second kappa shape index (κ2) is 7.29. The minimum absolute atomic E-state index is 0.0476. The standard InChI is InChI=1S/C23H25N5O2/c1-3-27-8-6-16-7-9-28(18(16)13-27)23-26-22-20(30-23)5-4-17(25-22)21-14(2)10-15(12-24)11-19(21)29/h4-5,10-11,16,18,29H,3,6-9,13H2,1-2H3/t16-,18-/m0/s1. The highest BCUT2D eigenvalue weighted by molar-refractivity contribution is 5.79. The molecule has 1 aromatic carbocycles. The van der Waals surface area contributed by atoms with E-state index >= 15 is 0 Å². The number of phenolic OH excluding ortho intramolecular Hbond substituents is 1. The highest BCUT2D eigenvalue weighted by atomic mass is 16.4. The Morgan fingerprint density at radius 2 is 2.07 bits per heavy atom. The number of nitrogens with zero attached hydrogens (tertiary/aromatic N) is 5. The van der Waals surface area contributed by atoms with E-state index in [4.69, 9.17) is 14.7 Å². The van der Waals surface area contributed by atoms with E-state index in [2.05, 4.69) is 27.8 Å². The molecule has 0 unspecified atom stereocenters. The lowest BCUT2D eigenvalue weighted by Crippen LogP contribution is -2.48. The van der Waals surface area contributed by atoms with Crippen molar-refractivity contribution in [3.05, 3.63) is 35.4 Å². The summed E-state index contributed by atoms with van der Waals surface area (Å²) in [4.78, 5) is 14.2. The largest absolute Gasteiger partial charge is 0.507 e. The SMILES string of the molecule is CCN1CC[C@H]2CCN(c3nc4nc(-c5c(C)cc(C#N)cc5O)ccc4o3)[C@H]2C1. The molecular weight excluding hydrogens is 378 g/mol. The smallest absolute Gasteiger partial charge is 0.300 e. The summed E-state index contributed by atoms with van der Waals surface area (Å²) in [5, 5.41) is 19.5. The van der Waals surface area contributed by atoms with Gasteiger partial charge in [-0.05, 0) is 68.6 Å². The van der Waals surface area contributed by atoms with Crippen molar-refractivity contribution < 1.29 is 9.52 Å². The van der Waals surface area contributed by atoms with Gasteiger partial charge in [0.25, 0.3) is 6.01 Å². The Morgan fingerprint density at radius 3 is 2.83 bits per heavy atom. The number of oxazole rings is 1. The highest BCUT2D eigenvalue weighted by Crippen LogP contribution is 2.37. The first-order valence-corrected chi connectivity index (χ1v) is 10.6. The third-order valence-electron chi connectivity index (χ3n) is 6.58. The number of anilines is 1. The summed E-state index contributed by atoms with van der Waals surface area (Å²) < 4.78 is 6.09. The van der Waals surface area contributed by atoms with Crippen LogP contribution in [0.1, 0.15) is 30.9 Å².